The monoisotopic (exact) mass is 267 g/mol. The van der Waals surface area contributed by atoms with Crippen molar-refractivity contribution in [3.8, 4) is 11.3 Å². The number of imidazole rings is 1. The normalized spacial score (nSPS) is 10.7. The molecule has 0 aliphatic heterocycles. The van der Waals surface area contributed by atoms with Crippen LogP contribution in [-0.4, -0.2) is 22.5 Å². The van der Waals surface area contributed by atoms with E-state index in [1.807, 2.05) is 30.3 Å². The fourth-order valence-corrected chi connectivity index (χ4v) is 2.12. The van der Waals surface area contributed by atoms with Crippen LogP contribution in [0.3, 0.4) is 0 Å². The summed E-state index contributed by atoms with van der Waals surface area (Å²) in [6.45, 7) is 0. The number of hydrogen-bond acceptors (Lipinski definition) is 4. The van der Waals surface area contributed by atoms with Crippen LogP contribution in [0, 0.1) is 0 Å². The van der Waals surface area contributed by atoms with Crippen LogP contribution in [0.25, 0.3) is 16.9 Å². The van der Waals surface area contributed by atoms with E-state index in [1.54, 1.807) is 22.7 Å². The topological polar surface area (TPSA) is 69.6 Å². The number of nitrogen functional groups attached to an aromatic ring is 1. The van der Waals surface area contributed by atoms with Crippen molar-refractivity contribution >= 4 is 17.4 Å². The highest BCUT2D eigenvalue weighted by atomic mass is 16.5. The Balaban J connectivity index is 2.17. The van der Waals surface area contributed by atoms with Crippen LogP contribution >= 0.6 is 0 Å². The summed E-state index contributed by atoms with van der Waals surface area (Å²) in [5.41, 5.74) is 8.82. The van der Waals surface area contributed by atoms with E-state index >= 15 is 0 Å². The number of rotatable bonds is 2. The Morgan fingerprint density at radius 3 is 2.70 bits per heavy atom. The molecule has 5 nitrogen and oxygen atoms in total. The molecule has 20 heavy (non-hydrogen) atoms. The number of methoxy groups -OCH3 is 1. The van der Waals surface area contributed by atoms with Crippen LogP contribution in [0.4, 0.5) is 5.82 Å². The van der Waals surface area contributed by atoms with Crippen molar-refractivity contribution in [3.05, 3.63) is 54.2 Å². The van der Waals surface area contributed by atoms with Gasteiger partial charge in [-0.15, -0.1) is 0 Å². The first-order chi connectivity index (χ1) is 9.70. The summed E-state index contributed by atoms with van der Waals surface area (Å²) < 4.78 is 6.44. The maximum Gasteiger partial charge on any atom is 0.338 e. The van der Waals surface area contributed by atoms with Gasteiger partial charge in [0.2, 0.25) is 0 Å². The smallest absolute Gasteiger partial charge is 0.338 e. The number of esters is 1. The molecule has 0 saturated heterocycles. The molecule has 0 spiro atoms. The van der Waals surface area contributed by atoms with Crippen LogP contribution in [-0.2, 0) is 4.74 Å². The summed E-state index contributed by atoms with van der Waals surface area (Å²) in [4.78, 5) is 16.0. The van der Waals surface area contributed by atoms with E-state index in [-0.39, 0.29) is 0 Å². The third-order valence-electron chi connectivity index (χ3n) is 3.13. The van der Waals surface area contributed by atoms with Gasteiger partial charge >= 0.3 is 5.97 Å². The molecule has 100 valence electrons. The second-order valence-electron chi connectivity index (χ2n) is 4.35. The maximum atomic E-state index is 11.5. The van der Waals surface area contributed by atoms with Crippen LogP contribution in [0.2, 0.25) is 0 Å². The number of carbonyl (C=O) groups is 1. The molecule has 3 aromatic rings. The maximum absolute atomic E-state index is 11.5. The predicted octanol–water partition coefficient (Wildman–Crippen LogP) is 2.37. The summed E-state index contributed by atoms with van der Waals surface area (Å²) in [6, 6.07) is 13.0. The van der Waals surface area contributed by atoms with E-state index in [0.29, 0.717) is 22.7 Å². The van der Waals surface area contributed by atoms with Gasteiger partial charge in [0.25, 0.3) is 0 Å². The number of nitrogens with two attached hydrogens (primary N) is 1. The Hall–Kier alpha value is -2.82. The average Bonchev–Trinajstić information content (AvgIpc) is 2.84. The van der Waals surface area contributed by atoms with Crippen LogP contribution in [0.5, 0.6) is 0 Å². The lowest BCUT2D eigenvalue weighted by molar-refractivity contribution is 0.0600. The molecule has 5 heteroatoms. The first-order valence-corrected chi connectivity index (χ1v) is 6.12. The third-order valence-corrected chi connectivity index (χ3v) is 3.13. The van der Waals surface area contributed by atoms with Gasteiger partial charge in [-0.2, -0.15) is 0 Å². The van der Waals surface area contributed by atoms with Crippen molar-refractivity contribution < 1.29 is 9.53 Å². The first-order valence-electron chi connectivity index (χ1n) is 6.12. The quantitative estimate of drug-likeness (QED) is 0.724. The zero-order valence-electron chi connectivity index (χ0n) is 10.9. The molecule has 0 unspecified atom stereocenters. The molecule has 1 aromatic carbocycles. The van der Waals surface area contributed by atoms with E-state index in [2.05, 4.69) is 4.98 Å². The van der Waals surface area contributed by atoms with Crippen LogP contribution < -0.4 is 5.73 Å². The van der Waals surface area contributed by atoms with Crippen molar-refractivity contribution in [2.75, 3.05) is 12.8 Å². The highest BCUT2D eigenvalue weighted by molar-refractivity contribution is 5.90. The minimum absolute atomic E-state index is 0.393. The summed E-state index contributed by atoms with van der Waals surface area (Å²) in [5, 5.41) is 0. The van der Waals surface area contributed by atoms with Gasteiger partial charge in [0.15, 0.2) is 0 Å². The van der Waals surface area contributed by atoms with Crippen molar-refractivity contribution in [3.63, 3.8) is 0 Å². The number of nitrogens with zero attached hydrogens (tertiary/aromatic N) is 2. The molecule has 0 aliphatic carbocycles. The second-order valence-corrected chi connectivity index (χ2v) is 4.35. The predicted molar refractivity (Wildman–Crippen MR) is 76.4 cm³/mol. The Morgan fingerprint density at radius 2 is 2.00 bits per heavy atom. The number of carbonyl (C=O) groups excluding carboxylic acids is 1. The summed E-state index contributed by atoms with van der Waals surface area (Å²) in [7, 11) is 1.35. The van der Waals surface area contributed by atoms with Gasteiger partial charge in [-0.25, -0.2) is 9.78 Å². The first kappa shape index (κ1) is 12.2. The Kier molecular flexibility index (Phi) is 2.87. The Bertz CT molecular complexity index is 778. The van der Waals surface area contributed by atoms with E-state index in [4.69, 9.17) is 10.5 Å². The van der Waals surface area contributed by atoms with Crippen molar-refractivity contribution in [2.45, 2.75) is 0 Å². The Morgan fingerprint density at radius 1 is 1.25 bits per heavy atom. The lowest BCUT2D eigenvalue weighted by Crippen LogP contribution is -2.02. The largest absolute Gasteiger partial charge is 0.465 e. The van der Waals surface area contributed by atoms with E-state index in [0.717, 1.165) is 5.56 Å². The number of hydrogen-bond donors (Lipinski definition) is 1. The van der Waals surface area contributed by atoms with Crippen molar-refractivity contribution in [1.82, 2.24) is 9.38 Å². The molecule has 0 aliphatic rings. The highest BCUT2D eigenvalue weighted by Gasteiger charge is 2.13. The minimum Gasteiger partial charge on any atom is -0.465 e. The van der Waals surface area contributed by atoms with Crippen molar-refractivity contribution in [2.24, 2.45) is 0 Å². The average molecular weight is 267 g/mol. The van der Waals surface area contributed by atoms with E-state index < -0.39 is 5.97 Å². The van der Waals surface area contributed by atoms with Gasteiger partial charge in [-0.05, 0) is 12.1 Å². The Labute approximate surface area is 115 Å². The second kappa shape index (κ2) is 4.70. The molecule has 0 fully saturated rings. The van der Waals surface area contributed by atoms with E-state index in [1.165, 1.54) is 7.11 Å². The summed E-state index contributed by atoms with van der Waals surface area (Å²) in [5.74, 6) is 0.151. The number of aromatic nitrogens is 2. The fourth-order valence-electron chi connectivity index (χ4n) is 2.12. The molecule has 0 radical (unpaired) electrons. The van der Waals surface area contributed by atoms with Gasteiger partial charge in [-0.3, -0.25) is 4.40 Å². The molecule has 0 saturated carbocycles. The summed E-state index contributed by atoms with van der Waals surface area (Å²) in [6.07, 6.45) is 1.72. The van der Waals surface area contributed by atoms with Crippen LogP contribution in [0.1, 0.15) is 10.4 Å². The molecule has 0 bridgehead atoms. The van der Waals surface area contributed by atoms with Crippen molar-refractivity contribution in [1.29, 1.82) is 0 Å². The number of pyridine rings is 1. The molecule has 0 amide bonds. The highest BCUT2D eigenvalue weighted by Crippen LogP contribution is 2.26. The van der Waals surface area contributed by atoms with Gasteiger partial charge in [0.05, 0.1) is 12.7 Å². The van der Waals surface area contributed by atoms with E-state index in [9.17, 15) is 4.79 Å². The molecular formula is C15H13N3O2. The number of fused-ring (bicyclic) bond motifs is 1. The third kappa shape index (κ3) is 1.89. The molecule has 0 atom stereocenters. The summed E-state index contributed by atoms with van der Waals surface area (Å²) >= 11 is 0. The van der Waals surface area contributed by atoms with Gasteiger partial charge < -0.3 is 10.5 Å². The number of anilines is 1. The molecule has 2 heterocycles. The molecule has 2 aromatic heterocycles. The standard InChI is InChI=1S/C15H13N3O2/c1-20-15(19)11-7-8-18-12(9-11)17-13(14(18)16)10-5-3-2-4-6-10/h2-9H,16H2,1H3. The molecular weight excluding hydrogens is 254 g/mol. The molecule has 2 N–H and O–H groups in total. The van der Waals surface area contributed by atoms with Gasteiger partial charge in [-0.1, -0.05) is 30.3 Å². The van der Waals surface area contributed by atoms with Crippen LogP contribution in [0.15, 0.2) is 48.7 Å². The number of benzene rings is 1. The lowest BCUT2D eigenvalue weighted by atomic mass is 10.1. The lowest BCUT2D eigenvalue weighted by Gasteiger charge is -2.00. The minimum atomic E-state index is -0.393. The van der Waals surface area contributed by atoms with Gasteiger partial charge in [0.1, 0.15) is 17.2 Å². The number of ether oxygens (including phenoxy) is 1. The zero-order valence-corrected chi connectivity index (χ0v) is 10.9. The zero-order chi connectivity index (χ0) is 14.1. The SMILES string of the molecule is COC(=O)c1ccn2c(N)c(-c3ccccc3)nc2c1. The van der Waals surface area contributed by atoms with Gasteiger partial charge in [0, 0.05) is 11.8 Å². The fraction of sp³-hybridized carbons (Fsp3) is 0.0667. The molecule has 3 rings (SSSR count).